The minimum Gasteiger partial charge on any atom is -0.507 e. The van der Waals surface area contributed by atoms with Gasteiger partial charge in [-0.3, -0.25) is 14.6 Å². The summed E-state index contributed by atoms with van der Waals surface area (Å²) in [7, 11) is 0. The molecule has 6 nitrogen and oxygen atoms in total. The highest BCUT2D eigenvalue weighted by molar-refractivity contribution is 6.46. The fraction of sp³-hybridized carbons (Fsp3) is 0.375. The van der Waals surface area contributed by atoms with Crippen LogP contribution in [0.5, 0.6) is 5.75 Å². The molecule has 0 spiro atoms. The number of amides is 1. The first-order valence-electron chi connectivity index (χ1n) is 10.5. The van der Waals surface area contributed by atoms with E-state index < -0.39 is 17.7 Å². The number of Topliss-reactive ketones (excluding diaryl/α,β-unsaturated/α-hetero) is 1. The van der Waals surface area contributed by atoms with Gasteiger partial charge < -0.3 is 14.7 Å². The first kappa shape index (κ1) is 20.1. The van der Waals surface area contributed by atoms with Crippen LogP contribution in [0.4, 0.5) is 0 Å². The zero-order valence-electron chi connectivity index (χ0n) is 17.1. The number of aliphatic hydroxyl groups is 1. The van der Waals surface area contributed by atoms with Crippen LogP contribution in [-0.4, -0.2) is 39.3 Å². The molecule has 1 amide bonds. The van der Waals surface area contributed by atoms with E-state index in [1.807, 2.05) is 13.0 Å². The maximum absolute atomic E-state index is 13.1. The third-order valence-corrected chi connectivity index (χ3v) is 5.80. The van der Waals surface area contributed by atoms with E-state index in [-0.39, 0.29) is 17.4 Å². The second kappa shape index (κ2) is 8.69. The molecule has 30 heavy (non-hydrogen) atoms. The molecule has 6 heteroatoms. The Hall–Kier alpha value is -3.15. The van der Waals surface area contributed by atoms with Crippen LogP contribution in [0.3, 0.4) is 0 Å². The van der Waals surface area contributed by atoms with Crippen molar-refractivity contribution < 1.29 is 19.4 Å². The highest BCUT2D eigenvalue weighted by Gasteiger charge is 2.49. The van der Waals surface area contributed by atoms with Gasteiger partial charge in [0.25, 0.3) is 11.7 Å². The van der Waals surface area contributed by atoms with Gasteiger partial charge in [0.1, 0.15) is 11.5 Å². The van der Waals surface area contributed by atoms with E-state index in [0.717, 1.165) is 37.7 Å². The number of carbonyl (C=O) groups is 2. The molecule has 1 saturated heterocycles. The topological polar surface area (TPSA) is 79.7 Å². The normalized spacial score (nSPS) is 21.4. The summed E-state index contributed by atoms with van der Waals surface area (Å²) in [4.78, 5) is 31.8. The fourth-order valence-electron chi connectivity index (χ4n) is 4.39. The Kier molecular flexibility index (Phi) is 5.84. The molecule has 1 atom stereocenters. The number of ketones is 1. The van der Waals surface area contributed by atoms with Crippen molar-refractivity contribution in [2.45, 2.75) is 51.1 Å². The molecule has 0 radical (unpaired) electrons. The fourth-order valence-corrected chi connectivity index (χ4v) is 4.39. The molecule has 1 unspecified atom stereocenters. The van der Waals surface area contributed by atoms with E-state index in [1.54, 1.807) is 47.6 Å². The second-order valence-electron chi connectivity index (χ2n) is 7.80. The first-order valence-corrected chi connectivity index (χ1v) is 10.5. The van der Waals surface area contributed by atoms with Crippen molar-refractivity contribution in [2.75, 3.05) is 6.61 Å². The van der Waals surface area contributed by atoms with Crippen LogP contribution < -0.4 is 4.74 Å². The molecule has 1 aliphatic carbocycles. The molecule has 2 aromatic rings. The van der Waals surface area contributed by atoms with Crippen molar-refractivity contribution in [1.82, 2.24) is 9.88 Å². The molecule has 1 aliphatic heterocycles. The predicted octanol–water partition coefficient (Wildman–Crippen LogP) is 4.23. The average molecular weight is 406 g/mol. The Balaban J connectivity index is 1.81. The van der Waals surface area contributed by atoms with E-state index in [9.17, 15) is 14.7 Å². The monoisotopic (exact) mass is 406 g/mol. The molecular weight excluding hydrogens is 380 g/mol. The van der Waals surface area contributed by atoms with Crippen LogP contribution in [0.15, 0.2) is 54.4 Å². The number of hydrogen-bond donors (Lipinski definition) is 1. The third kappa shape index (κ3) is 3.70. The van der Waals surface area contributed by atoms with Crippen molar-refractivity contribution in [3.8, 4) is 5.75 Å². The molecule has 0 bridgehead atoms. The van der Waals surface area contributed by atoms with E-state index in [0.29, 0.717) is 17.9 Å². The van der Waals surface area contributed by atoms with Gasteiger partial charge in [0.05, 0.1) is 18.2 Å². The lowest BCUT2D eigenvalue weighted by molar-refractivity contribution is -0.141. The molecule has 1 saturated carbocycles. The van der Waals surface area contributed by atoms with Crippen LogP contribution in [-0.2, 0) is 9.59 Å². The summed E-state index contributed by atoms with van der Waals surface area (Å²) in [5.41, 5.74) is 1.37. The van der Waals surface area contributed by atoms with E-state index in [1.165, 1.54) is 0 Å². The molecule has 156 valence electrons. The van der Waals surface area contributed by atoms with Crippen molar-refractivity contribution in [3.63, 3.8) is 0 Å². The molecule has 2 fully saturated rings. The smallest absolute Gasteiger partial charge is 0.295 e. The van der Waals surface area contributed by atoms with Gasteiger partial charge in [-0.15, -0.1) is 0 Å². The summed E-state index contributed by atoms with van der Waals surface area (Å²) in [5, 5.41) is 11.2. The summed E-state index contributed by atoms with van der Waals surface area (Å²) in [5.74, 6) is -0.728. The molecule has 1 aromatic carbocycles. The van der Waals surface area contributed by atoms with Gasteiger partial charge in [0.2, 0.25) is 0 Å². The Morgan fingerprint density at radius 3 is 2.60 bits per heavy atom. The summed E-state index contributed by atoms with van der Waals surface area (Å²) in [6.07, 6.45) is 7.96. The highest BCUT2D eigenvalue weighted by atomic mass is 16.5. The number of benzene rings is 1. The van der Waals surface area contributed by atoms with Crippen molar-refractivity contribution in [3.05, 3.63) is 65.5 Å². The third-order valence-electron chi connectivity index (χ3n) is 5.80. The predicted molar refractivity (Wildman–Crippen MR) is 113 cm³/mol. The Labute approximate surface area is 176 Å². The summed E-state index contributed by atoms with van der Waals surface area (Å²) >= 11 is 0. The van der Waals surface area contributed by atoms with E-state index in [4.69, 9.17) is 4.74 Å². The number of hydrogen-bond acceptors (Lipinski definition) is 5. The molecular formula is C24H26N2O4. The van der Waals surface area contributed by atoms with E-state index in [2.05, 4.69) is 4.98 Å². The number of likely N-dealkylation sites (tertiary alicyclic amines) is 1. The van der Waals surface area contributed by atoms with Gasteiger partial charge in [-0.2, -0.15) is 0 Å². The van der Waals surface area contributed by atoms with Crippen LogP contribution in [0, 0.1) is 0 Å². The van der Waals surface area contributed by atoms with E-state index >= 15 is 0 Å². The number of carbonyl (C=O) groups excluding carboxylic acids is 2. The molecule has 1 N–H and O–H groups in total. The van der Waals surface area contributed by atoms with Gasteiger partial charge in [-0.1, -0.05) is 31.9 Å². The largest absolute Gasteiger partial charge is 0.507 e. The van der Waals surface area contributed by atoms with Crippen LogP contribution in [0.25, 0.3) is 5.76 Å². The molecule has 2 aliphatic rings. The summed E-state index contributed by atoms with van der Waals surface area (Å²) in [6.45, 7) is 2.58. The zero-order chi connectivity index (χ0) is 21.1. The van der Waals surface area contributed by atoms with Crippen LogP contribution in [0.1, 0.15) is 56.2 Å². The Morgan fingerprint density at radius 1 is 1.17 bits per heavy atom. The lowest BCUT2D eigenvalue weighted by Gasteiger charge is -2.30. The van der Waals surface area contributed by atoms with Gasteiger partial charge >= 0.3 is 0 Å². The molecule has 1 aromatic heterocycles. The number of ether oxygens (including phenoxy) is 1. The lowest BCUT2D eigenvalue weighted by Crippen LogP contribution is -2.37. The Morgan fingerprint density at radius 2 is 1.90 bits per heavy atom. The van der Waals surface area contributed by atoms with Gasteiger partial charge in [0, 0.05) is 24.0 Å². The highest BCUT2D eigenvalue weighted by Crippen LogP contribution is 2.43. The number of pyridine rings is 1. The first-order chi connectivity index (χ1) is 14.6. The maximum atomic E-state index is 13.1. The van der Waals surface area contributed by atoms with Crippen molar-refractivity contribution >= 4 is 17.4 Å². The second-order valence-corrected chi connectivity index (χ2v) is 7.80. The summed E-state index contributed by atoms with van der Waals surface area (Å²) in [6, 6.07) is 10.00. The van der Waals surface area contributed by atoms with Gasteiger partial charge in [0.15, 0.2) is 0 Å². The number of rotatable bonds is 6. The van der Waals surface area contributed by atoms with Gasteiger partial charge in [-0.05, 0) is 49.1 Å². The number of aromatic nitrogens is 1. The molecule has 2 heterocycles. The van der Waals surface area contributed by atoms with Crippen molar-refractivity contribution in [1.29, 1.82) is 0 Å². The Bertz CT molecular complexity index is 964. The molecule has 4 rings (SSSR count). The minimum atomic E-state index is -0.638. The number of aliphatic hydroxyl groups excluding tert-OH is 1. The average Bonchev–Trinajstić information content (AvgIpc) is 3.39. The zero-order valence-corrected chi connectivity index (χ0v) is 17.1. The standard InChI is InChI=1S/C24H26N2O4/c1-2-14-30-19-9-5-6-17(15-19)22(27)20-21(16-10-12-25-13-11-16)26(24(29)23(20)28)18-7-3-4-8-18/h5-6,9-13,15,18,21,27H,2-4,7-8,14H2,1H3/b22-20-. The van der Waals surface area contributed by atoms with Gasteiger partial charge in [-0.25, -0.2) is 0 Å². The SMILES string of the molecule is CCCOc1cccc(/C(O)=C2/C(=O)C(=O)N(C3CCCC3)C2c2ccncc2)c1. The maximum Gasteiger partial charge on any atom is 0.295 e. The lowest BCUT2D eigenvalue weighted by atomic mass is 9.95. The van der Waals surface area contributed by atoms with Crippen LogP contribution >= 0.6 is 0 Å². The minimum absolute atomic E-state index is 0.00383. The van der Waals surface area contributed by atoms with Crippen LogP contribution in [0.2, 0.25) is 0 Å². The van der Waals surface area contributed by atoms with Crippen molar-refractivity contribution in [2.24, 2.45) is 0 Å². The quantitative estimate of drug-likeness (QED) is 0.441. The number of nitrogens with zero attached hydrogens (tertiary/aromatic N) is 2. The summed E-state index contributed by atoms with van der Waals surface area (Å²) < 4.78 is 5.67.